The van der Waals surface area contributed by atoms with Gasteiger partial charge in [-0.3, -0.25) is 9.59 Å². The highest BCUT2D eigenvalue weighted by atomic mass is 35.5. The molecule has 0 spiro atoms. The van der Waals surface area contributed by atoms with E-state index in [2.05, 4.69) is 5.32 Å². The molecule has 1 aliphatic heterocycles. The fraction of sp³-hybridized carbons (Fsp3) is 0.556. The Labute approximate surface area is 153 Å². The van der Waals surface area contributed by atoms with Gasteiger partial charge in [0.15, 0.2) is 11.5 Å². The number of carbonyl (C=O) groups excluding carboxylic acids is 2. The molecule has 1 N–H and O–H groups in total. The van der Waals surface area contributed by atoms with E-state index >= 15 is 0 Å². The summed E-state index contributed by atoms with van der Waals surface area (Å²) >= 11 is 5.84. The summed E-state index contributed by atoms with van der Waals surface area (Å²) < 4.78 is 10.5. The van der Waals surface area contributed by atoms with Crippen LogP contribution in [0.2, 0.25) is 0 Å². The number of rotatable bonds is 6. The highest BCUT2D eigenvalue weighted by Crippen LogP contribution is 2.27. The third-order valence-corrected chi connectivity index (χ3v) is 4.51. The van der Waals surface area contributed by atoms with Gasteiger partial charge in [-0.1, -0.05) is 6.07 Å². The maximum absolute atomic E-state index is 12.3. The van der Waals surface area contributed by atoms with E-state index < -0.39 is 5.38 Å². The molecular weight excluding hydrogens is 344 g/mol. The van der Waals surface area contributed by atoms with Crippen LogP contribution >= 0.6 is 11.6 Å². The molecule has 2 amide bonds. The van der Waals surface area contributed by atoms with Crippen molar-refractivity contribution >= 4 is 23.4 Å². The number of methoxy groups -OCH3 is 2. The van der Waals surface area contributed by atoms with Crippen LogP contribution in [0.15, 0.2) is 18.2 Å². The summed E-state index contributed by atoms with van der Waals surface area (Å²) in [5, 5.41) is 2.54. The Morgan fingerprint density at radius 3 is 2.44 bits per heavy atom. The molecular formula is C18H25ClN2O4. The first-order valence-corrected chi connectivity index (χ1v) is 8.81. The average molecular weight is 369 g/mol. The average Bonchev–Trinajstić information content (AvgIpc) is 2.61. The van der Waals surface area contributed by atoms with Gasteiger partial charge in [-0.05, 0) is 37.5 Å². The van der Waals surface area contributed by atoms with Crippen molar-refractivity contribution in [3.05, 3.63) is 23.8 Å². The molecule has 0 aliphatic carbocycles. The Hall–Kier alpha value is -1.95. The van der Waals surface area contributed by atoms with Crippen LogP contribution in [0.3, 0.4) is 0 Å². The first kappa shape index (κ1) is 19.4. The molecule has 1 atom stereocenters. The smallest absolute Gasteiger partial charge is 0.240 e. The van der Waals surface area contributed by atoms with E-state index in [1.165, 1.54) is 0 Å². The number of hydrogen-bond acceptors (Lipinski definition) is 4. The predicted molar refractivity (Wildman–Crippen MR) is 96.3 cm³/mol. The van der Waals surface area contributed by atoms with Crippen molar-refractivity contribution in [3.63, 3.8) is 0 Å². The van der Waals surface area contributed by atoms with Gasteiger partial charge in [-0.15, -0.1) is 11.6 Å². The maximum atomic E-state index is 12.3. The minimum absolute atomic E-state index is 0.0392. The van der Waals surface area contributed by atoms with Gasteiger partial charge >= 0.3 is 0 Å². The Morgan fingerprint density at radius 1 is 1.24 bits per heavy atom. The summed E-state index contributed by atoms with van der Waals surface area (Å²) in [6.07, 6.45) is 1.76. The molecule has 6 nitrogen and oxygen atoms in total. The van der Waals surface area contributed by atoms with Gasteiger partial charge in [0.2, 0.25) is 11.8 Å². The van der Waals surface area contributed by atoms with Crippen LogP contribution in [0, 0.1) is 0 Å². The second kappa shape index (κ2) is 8.94. The van der Waals surface area contributed by atoms with E-state index in [1.54, 1.807) is 32.1 Å². The zero-order valence-electron chi connectivity index (χ0n) is 14.9. The van der Waals surface area contributed by atoms with Crippen molar-refractivity contribution in [2.24, 2.45) is 0 Å². The lowest BCUT2D eigenvalue weighted by Gasteiger charge is -2.33. The number of hydrogen-bond donors (Lipinski definition) is 1. The normalized spacial score (nSPS) is 16.2. The largest absolute Gasteiger partial charge is 0.493 e. The topological polar surface area (TPSA) is 67.9 Å². The SMILES string of the molecule is COc1ccc(CC(=O)NC2CCN(C(=O)C(C)Cl)CC2)cc1OC. The first-order valence-electron chi connectivity index (χ1n) is 8.37. The minimum atomic E-state index is -0.504. The molecule has 7 heteroatoms. The summed E-state index contributed by atoms with van der Waals surface area (Å²) in [7, 11) is 3.14. The van der Waals surface area contributed by atoms with Crippen molar-refractivity contribution in [1.82, 2.24) is 10.2 Å². The Balaban J connectivity index is 1.84. The number of carbonyl (C=O) groups is 2. The minimum Gasteiger partial charge on any atom is -0.493 e. The molecule has 1 aliphatic rings. The highest BCUT2D eigenvalue weighted by molar-refractivity contribution is 6.30. The molecule has 1 aromatic carbocycles. The molecule has 1 unspecified atom stereocenters. The Bertz CT molecular complexity index is 613. The van der Waals surface area contributed by atoms with Gasteiger partial charge in [-0.2, -0.15) is 0 Å². The number of likely N-dealkylation sites (tertiary alicyclic amines) is 1. The predicted octanol–water partition coefficient (Wildman–Crippen LogP) is 1.98. The molecule has 138 valence electrons. The number of halogens is 1. The summed E-state index contributed by atoms with van der Waals surface area (Å²) in [5.41, 5.74) is 0.860. The van der Waals surface area contributed by atoms with E-state index in [0.29, 0.717) is 24.6 Å². The van der Waals surface area contributed by atoms with Crippen molar-refractivity contribution in [3.8, 4) is 11.5 Å². The molecule has 0 aromatic heterocycles. The number of nitrogens with one attached hydrogen (secondary N) is 1. The lowest BCUT2D eigenvalue weighted by atomic mass is 10.0. The Kier molecular flexibility index (Phi) is 6.93. The molecule has 1 heterocycles. The summed E-state index contributed by atoms with van der Waals surface area (Å²) in [4.78, 5) is 25.9. The van der Waals surface area contributed by atoms with E-state index in [0.717, 1.165) is 18.4 Å². The number of amides is 2. The maximum Gasteiger partial charge on any atom is 0.240 e. The molecule has 1 aromatic rings. The first-order chi connectivity index (χ1) is 11.9. The lowest BCUT2D eigenvalue weighted by molar-refractivity contribution is -0.131. The summed E-state index contributed by atoms with van der Waals surface area (Å²) in [6.45, 7) is 2.93. The molecule has 1 fully saturated rings. The van der Waals surface area contributed by atoms with E-state index in [-0.39, 0.29) is 24.3 Å². The molecule has 0 saturated carbocycles. The second-order valence-electron chi connectivity index (χ2n) is 6.15. The van der Waals surface area contributed by atoms with Crippen molar-refractivity contribution in [1.29, 1.82) is 0 Å². The van der Waals surface area contributed by atoms with Crippen LogP contribution in [-0.2, 0) is 16.0 Å². The van der Waals surface area contributed by atoms with Crippen LogP contribution in [0.5, 0.6) is 11.5 Å². The van der Waals surface area contributed by atoms with Crippen molar-refractivity contribution in [2.75, 3.05) is 27.3 Å². The monoisotopic (exact) mass is 368 g/mol. The van der Waals surface area contributed by atoms with Crippen molar-refractivity contribution in [2.45, 2.75) is 37.6 Å². The zero-order chi connectivity index (χ0) is 18.4. The summed E-state index contributed by atoms with van der Waals surface area (Å²) in [5.74, 6) is 1.16. The molecule has 25 heavy (non-hydrogen) atoms. The molecule has 2 rings (SSSR count). The fourth-order valence-corrected chi connectivity index (χ4v) is 3.09. The fourth-order valence-electron chi connectivity index (χ4n) is 2.95. The number of piperidine rings is 1. The van der Waals surface area contributed by atoms with Gasteiger partial charge in [0.25, 0.3) is 0 Å². The standard InChI is InChI=1S/C18H25ClN2O4/c1-12(19)18(23)21-8-6-14(7-9-21)20-17(22)11-13-4-5-15(24-2)16(10-13)25-3/h4-5,10,12,14H,6-9,11H2,1-3H3,(H,20,22). The van der Waals surface area contributed by atoms with E-state index in [9.17, 15) is 9.59 Å². The highest BCUT2D eigenvalue weighted by Gasteiger charge is 2.25. The molecule has 0 radical (unpaired) electrons. The second-order valence-corrected chi connectivity index (χ2v) is 6.80. The van der Waals surface area contributed by atoms with Crippen LogP contribution in [-0.4, -0.2) is 55.4 Å². The zero-order valence-corrected chi connectivity index (χ0v) is 15.6. The van der Waals surface area contributed by atoms with Gasteiger partial charge in [0, 0.05) is 19.1 Å². The number of nitrogens with zero attached hydrogens (tertiary/aromatic N) is 1. The molecule has 1 saturated heterocycles. The number of alkyl halides is 1. The molecule has 0 bridgehead atoms. The quantitative estimate of drug-likeness (QED) is 0.780. The van der Waals surface area contributed by atoms with Crippen LogP contribution in [0.4, 0.5) is 0 Å². The van der Waals surface area contributed by atoms with Gasteiger partial charge < -0.3 is 19.7 Å². The van der Waals surface area contributed by atoms with Crippen LogP contribution in [0.25, 0.3) is 0 Å². The summed E-state index contributed by atoms with van der Waals surface area (Å²) in [6, 6.07) is 5.53. The van der Waals surface area contributed by atoms with E-state index in [4.69, 9.17) is 21.1 Å². The third kappa shape index (κ3) is 5.26. The third-order valence-electron chi connectivity index (χ3n) is 4.32. The van der Waals surface area contributed by atoms with Gasteiger partial charge in [0.05, 0.1) is 20.6 Å². The number of ether oxygens (including phenoxy) is 2. The lowest BCUT2D eigenvalue weighted by Crippen LogP contribution is -2.48. The van der Waals surface area contributed by atoms with Crippen LogP contribution < -0.4 is 14.8 Å². The van der Waals surface area contributed by atoms with Gasteiger partial charge in [-0.25, -0.2) is 0 Å². The van der Waals surface area contributed by atoms with Crippen LogP contribution in [0.1, 0.15) is 25.3 Å². The van der Waals surface area contributed by atoms with Gasteiger partial charge in [0.1, 0.15) is 5.38 Å². The Morgan fingerprint density at radius 2 is 1.88 bits per heavy atom. The number of benzene rings is 1. The van der Waals surface area contributed by atoms with E-state index in [1.807, 2.05) is 12.1 Å². The van der Waals surface area contributed by atoms with Crippen molar-refractivity contribution < 1.29 is 19.1 Å².